The lowest BCUT2D eigenvalue weighted by atomic mass is 10.1. The Morgan fingerprint density at radius 3 is 1.58 bits per heavy atom. The first kappa shape index (κ1) is 22.2. The quantitative estimate of drug-likeness (QED) is 0.558. The monoisotopic (exact) mass is 347 g/mol. The van der Waals surface area contributed by atoms with Crippen molar-refractivity contribution in [3.05, 3.63) is 0 Å². The fraction of sp³-hybridized carbons (Fsp3) is 0.812. The highest BCUT2D eigenvalue weighted by atomic mass is 16.6. The molecule has 0 spiro atoms. The predicted octanol–water partition coefficient (Wildman–Crippen LogP) is 2.74. The van der Waals surface area contributed by atoms with E-state index in [1.807, 2.05) is 0 Å². The molecular weight excluding hydrogens is 318 g/mol. The highest BCUT2D eigenvalue weighted by molar-refractivity contribution is 5.94. The van der Waals surface area contributed by atoms with Gasteiger partial charge in [0, 0.05) is 20.1 Å². The molecule has 0 aliphatic carbocycles. The van der Waals surface area contributed by atoms with E-state index in [-0.39, 0.29) is 13.0 Å². The summed E-state index contributed by atoms with van der Waals surface area (Å²) in [5.74, 6) is -0.760. The molecule has 0 saturated carbocycles. The lowest BCUT2D eigenvalue weighted by Crippen LogP contribution is -2.52. The van der Waals surface area contributed by atoms with Crippen molar-refractivity contribution in [2.75, 3.05) is 20.8 Å². The molecule has 0 aliphatic rings. The number of hydrogen-bond acceptors (Lipinski definition) is 7. The van der Waals surface area contributed by atoms with Gasteiger partial charge in [-0.05, 0) is 41.5 Å². The first-order valence-electron chi connectivity index (χ1n) is 7.64. The van der Waals surface area contributed by atoms with Crippen LogP contribution in [0.5, 0.6) is 0 Å². The van der Waals surface area contributed by atoms with Crippen LogP contribution in [0.3, 0.4) is 0 Å². The first-order valence-corrected chi connectivity index (χ1v) is 7.64. The number of amides is 2. The zero-order chi connectivity index (χ0) is 19.1. The molecule has 0 saturated heterocycles. The van der Waals surface area contributed by atoms with E-state index in [0.29, 0.717) is 4.90 Å². The molecule has 2 amide bonds. The maximum Gasteiger partial charge on any atom is 0.420 e. The standard InChI is InChI=1S/C16H29NO7/c1-15(2,3)23-13(19)17(14(20)24-16(4,5)6)11(9-10-21-7)12(18)22-8/h11H,9-10H2,1-8H3/t11-/m0/s1. The topological polar surface area (TPSA) is 91.4 Å². The Labute approximate surface area is 143 Å². The summed E-state index contributed by atoms with van der Waals surface area (Å²) in [4.78, 5) is 37.6. The second kappa shape index (κ2) is 8.86. The van der Waals surface area contributed by atoms with Crippen LogP contribution in [0.15, 0.2) is 0 Å². The van der Waals surface area contributed by atoms with E-state index >= 15 is 0 Å². The van der Waals surface area contributed by atoms with Gasteiger partial charge < -0.3 is 18.9 Å². The first-order chi connectivity index (χ1) is 10.8. The number of esters is 1. The van der Waals surface area contributed by atoms with Crippen LogP contribution in [0.4, 0.5) is 9.59 Å². The van der Waals surface area contributed by atoms with E-state index in [0.717, 1.165) is 0 Å². The van der Waals surface area contributed by atoms with Crippen LogP contribution >= 0.6 is 0 Å². The van der Waals surface area contributed by atoms with Gasteiger partial charge in [0.1, 0.15) is 17.2 Å². The van der Waals surface area contributed by atoms with Crippen molar-refractivity contribution in [1.29, 1.82) is 0 Å². The number of carbonyl (C=O) groups excluding carboxylic acids is 3. The van der Waals surface area contributed by atoms with Gasteiger partial charge in [0.05, 0.1) is 7.11 Å². The van der Waals surface area contributed by atoms with Crippen molar-refractivity contribution >= 4 is 18.2 Å². The molecule has 0 aliphatic heterocycles. The zero-order valence-corrected chi connectivity index (χ0v) is 15.8. The molecule has 0 radical (unpaired) electrons. The fourth-order valence-corrected chi connectivity index (χ4v) is 1.67. The van der Waals surface area contributed by atoms with Crippen molar-refractivity contribution < 1.29 is 33.3 Å². The minimum atomic E-state index is -1.21. The smallest absolute Gasteiger partial charge is 0.420 e. The summed E-state index contributed by atoms with van der Waals surface area (Å²) >= 11 is 0. The Bertz CT molecular complexity index is 420. The Kier molecular flexibility index (Phi) is 8.19. The average molecular weight is 347 g/mol. The van der Waals surface area contributed by atoms with Crippen LogP contribution in [-0.2, 0) is 23.7 Å². The van der Waals surface area contributed by atoms with Crippen LogP contribution in [0, 0.1) is 0 Å². The number of ether oxygens (including phenoxy) is 4. The molecule has 0 rings (SSSR count). The zero-order valence-electron chi connectivity index (χ0n) is 15.8. The Hall–Kier alpha value is -1.83. The predicted molar refractivity (Wildman–Crippen MR) is 86.6 cm³/mol. The van der Waals surface area contributed by atoms with Crippen molar-refractivity contribution in [3.8, 4) is 0 Å². The van der Waals surface area contributed by atoms with Gasteiger partial charge in [0.25, 0.3) is 0 Å². The number of methoxy groups -OCH3 is 2. The molecule has 0 unspecified atom stereocenters. The summed E-state index contributed by atoms with van der Waals surface area (Å²) in [6, 6.07) is -1.21. The van der Waals surface area contributed by atoms with Gasteiger partial charge in [-0.25, -0.2) is 14.4 Å². The number of nitrogens with zero attached hydrogens (tertiary/aromatic N) is 1. The minimum absolute atomic E-state index is 0.0572. The maximum atomic E-state index is 12.5. The van der Waals surface area contributed by atoms with E-state index < -0.39 is 35.4 Å². The molecule has 140 valence electrons. The molecular formula is C16H29NO7. The summed E-state index contributed by atoms with van der Waals surface area (Å²) in [7, 11) is 2.62. The van der Waals surface area contributed by atoms with Gasteiger partial charge in [-0.1, -0.05) is 0 Å². The highest BCUT2D eigenvalue weighted by Crippen LogP contribution is 2.19. The molecule has 0 N–H and O–H groups in total. The SMILES string of the molecule is COCC[C@@H](C(=O)OC)N(C(=O)OC(C)(C)C)C(=O)OC(C)(C)C. The molecule has 1 atom stereocenters. The van der Waals surface area contributed by atoms with Crippen molar-refractivity contribution in [2.45, 2.75) is 65.2 Å². The van der Waals surface area contributed by atoms with E-state index in [1.165, 1.54) is 14.2 Å². The summed E-state index contributed by atoms with van der Waals surface area (Å²) in [6.07, 6.45) is -1.91. The third-order valence-corrected chi connectivity index (χ3v) is 2.56. The summed E-state index contributed by atoms with van der Waals surface area (Å²) in [5, 5.41) is 0. The van der Waals surface area contributed by atoms with E-state index in [1.54, 1.807) is 41.5 Å². The second-order valence-electron chi connectivity index (χ2n) is 7.15. The fourth-order valence-electron chi connectivity index (χ4n) is 1.67. The molecule has 0 aromatic carbocycles. The molecule has 0 heterocycles. The van der Waals surface area contributed by atoms with Crippen molar-refractivity contribution in [1.82, 2.24) is 4.90 Å². The third-order valence-electron chi connectivity index (χ3n) is 2.56. The normalized spacial score (nSPS) is 13.0. The van der Waals surface area contributed by atoms with E-state index in [4.69, 9.17) is 18.9 Å². The molecule has 8 heteroatoms. The third kappa shape index (κ3) is 8.14. The molecule has 8 nitrogen and oxygen atoms in total. The summed E-state index contributed by atoms with van der Waals surface area (Å²) < 4.78 is 20.1. The van der Waals surface area contributed by atoms with E-state index in [9.17, 15) is 14.4 Å². The van der Waals surface area contributed by atoms with Gasteiger partial charge in [-0.3, -0.25) is 0 Å². The van der Waals surface area contributed by atoms with Gasteiger partial charge in [-0.2, -0.15) is 4.90 Å². The van der Waals surface area contributed by atoms with Gasteiger partial charge in [-0.15, -0.1) is 0 Å². The summed E-state index contributed by atoms with van der Waals surface area (Å²) in [5.41, 5.74) is -1.70. The Morgan fingerprint density at radius 1 is 0.875 bits per heavy atom. The molecule has 0 fully saturated rings. The van der Waals surface area contributed by atoms with Crippen molar-refractivity contribution in [3.63, 3.8) is 0 Å². The van der Waals surface area contributed by atoms with Gasteiger partial charge in [0.2, 0.25) is 0 Å². The Morgan fingerprint density at radius 2 is 1.29 bits per heavy atom. The van der Waals surface area contributed by atoms with Crippen LogP contribution < -0.4 is 0 Å². The van der Waals surface area contributed by atoms with Gasteiger partial charge in [0.15, 0.2) is 0 Å². The lowest BCUT2D eigenvalue weighted by Gasteiger charge is -2.32. The van der Waals surface area contributed by atoms with Crippen LogP contribution in [-0.4, -0.2) is 61.1 Å². The van der Waals surface area contributed by atoms with Crippen LogP contribution in [0.1, 0.15) is 48.0 Å². The lowest BCUT2D eigenvalue weighted by molar-refractivity contribution is -0.147. The number of imide groups is 1. The molecule has 0 bridgehead atoms. The van der Waals surface area contributed by atoms with Crippen LogP contribution in [0.25, 0.3) is 0 Å². The minimum Gasteiger partial charge on any atom is -0.467 e. The Balaban J connectivity index is 5.65. The maximum absolute atomic E-state index is 12.5. The molecule has 0 aromatic heterocycles. The molecule has 0 aromatic rings. The van der Waals surface area contributed by atoms with Crippen molar-refractivity contribution in [2.24, 2.45) is 0 Å². The second-order valence-corrected chi connectivity index (χ2v) is 7.15. The molecule has 24 heavy (non-hydrogen) atoms. The number of hydrogen-bond donors (Lipinski definition) is 0. The number of carbonyl (C=O) groups is 3. The average Bonchev–Trinajstić information content (AvgIpc) is 2.38. The largest absolute Gasteiger partial charge is 0.467 e. The number of rotatable bonds is 5. The highest BCUT2D eigenvalue weighted by Gasteiger charge is 2.40. The summed E-state index contributed by atoms with van der Waals surface area (Å²) in [6.45, 7) is 10.1. The van der Waals surface area contributed by atoms with E-state index in [2.05, 4.69) is 0 Å². The van der Waals surface area contributed by atoms with Gasteiger partial charge >= 0.3 is 18.2 Å². The van der Waals surface area contributed by atoms with Crippen LogP contribution in [0.2, 0.25) is 0 Å².